The molecule has 0 unspecified atom stereocenters. The van der Waals surface area contributed by atoms with Crippen molar-refractivity contribution < 1.29 is 4.79 Å². The first kappa shape index (κ1) is 10.5. The molecule has 0 N–H and O–H groups in total. The highest BCUT2D eigenvalue weighted by Gasteiger charge is 2.17. The summed E-state index contributed by atoms with van der Waals surface area (Å²) in [5, 5.41) is 0. The van der Waals surface area contributed by atoms with Crippen LogP contribution in [0.1, 0.15) is 26.2 Å². The lowest BCUT2D eigenvalue weighted by atomic mass is 9.98. The molecule has 2 nitrogen and oxygen atoms in total. The van der Waals surface area contributed by atoms with Crippen LogP contribution in [0.4, 0.5) is 0 Å². The van der Waals surface area contributed by atoms with E-state index in [1.807, 2.05) is 0 Å². The number of nitrogens with zero attached hydrogens (tertiary/aromatic N) is 1. The molecule has 0 amide bonds. The molecule has 0 aliphatic carbocycles. The molecule has 1 rings (SSSR count). The van der Waals surface area contributed by atoms with E-state index < -0.39 is 0 Å². The van der Waals surface area contributed by atoms with E-state index in [4.69, 9.17) is 0 Å². The van der Waals surface area contributed by atoms with E-state index in [0.29, 0.717) is 5.92 Å². The zero-order valence-electron chi connectivity index (χ0n) is 8.46. The Balaban J connectivity index is 2.17. The van der Waals surface area contributed by atoms with Crippen molar-refractivity contribution in [2.75, 3.05) is 19.6 Å². The normalized spacial score (nSPS) is 20.1. The number of aldehydes is 1. The fourth-order valence-corrected chi connectivity index (χ4v) is 1.66. The third-order valence-electron chi connectivity index (χ3n) is 2.68. The SMILES string of the molecule is C=C(C)CCN1CCC(C=O)CC1. The largest absolute Gasteiger partial charge is 0.303 e. The van der Waals surface area contributed by atoms with Crippen LogP contribution in [0.3, 0.4) is 0 Å². The van der Waals surface area contributed by atoms with Gasteiger partial charge in [0.2, 0.25) is 0 Å². The summed E-state index contributed by atoms with van der Waals surface area (Å²) in [5.41, 5.74) is 1.25. The second kappa shape index (κ2) is 5.18. The Labute approximate surface area is 80.6 Å². The van der Waals surface area contributed by atoms with Crippen LogP contribution >= 0.6 is 0 Å². The molecule has 2 heteroatoms. The lowest BCUT2D eigenvalue weighted by molar-refractivity contribution is -0.112. The van der Waals surface area contributed by atoms with Gasteiger partial charge in [-0.25, -0.2) is 0 Å². The molecular weight excluding hydrogens is 162 g/mol. The molecule has 1 aliphatic heterocycles. The first-order chi connectivity index (χ1) is 6.22. The fraction of sp³-hybridized carbons (Fsp3) is 0.727. The lowest BCUT2D eigenvalue weighted by Gasteiger charge is -2.29. The zero-order valence-corrected chi connectivity index (χ0v) is 8.46. The van der Waals surface area contributed by atoms with Gasteiger partial charge in [-0.3, -0.25) is 0 Å². The first-order valence-corrected chi connectivity index (χ1v) is 5.04. The van der Waals surface area contributed by atoms with E-state index >= 15 is 0 Å². The molecule has 74 valence electrons. The number of carbonyl (C=O) groups is 1. The molecule has 0 aromatic rings. The average Bonchev–Trinajstić information content (AvgIpc) is 2.15. The Kier molecular flexibility index (Phi) is 4.16. The number of rotatable bonds is 4. The van der Waals surface area contributed by atoms with Gasteiger partial charge in [0.25, 0.3) is 0 Å². The quantitative estimate of drug-likeness (QED) is 0.487. The van der Waals surface area contributed by atoms with Crippen molar-refractivity contribution >= 4 is 6.29 Å². The van der Waals surface area contributed by atoms with Gasteiger partial charge in [-0.1, -0.05) is 5.57 Å². The molecule has 0 bridgehead atoms. The molecule has 0 aromatic carbocycles. The first-order valence-electron chi connectivity index (χ1n) is 5.04. The van der Waals surface area contributed by atoms with E-state index in [9.17, 15) is 4.79 Å². The van der Waals surface area contributed by atoms with Gasteiger partial charge in [-0.2, -0.15) is 0 Å². The maximum absolute atomic E-state index is 10.5. The Bertz CT molecular complexity index is 181. The highest BCUT2D eigenvalue weighted by molar-refractivity contribution is 5.53. The van der Waals surface area contributed by atoms with Crippen LogP contribution in [0.15, 0.2) is 12.2 Å². The van der Waals surface area contributed by atoms with Crippen LogP contribution in [-0.2, 0) is 4.79 Å². The number of piperidine rings is 1. The van der Waals surface area contributed by atoms with Gasteiger partial charge in [0.1, 0.15) is 6.29 Å². The minimum Gasteiger partial charge on any atom is -0.303 e. The monoisotopic (exact) mass is 181 g/mol. The number of hydrogen-bond acceptors (Lipinski definition) is 2. The molecule has 1 fully saturated rings. The summed E-state index contributed by atoms with van der Waals surface area (Å²) in [6, 6.07) is 0. The summed E-state index contributed by atoms with van der Waals surface area (Å²) >= 11 is 0. The molecular formula is C11H19NO. The lowest BCUT2D eigenvalue weighted by Crippen LogP contribution is -2.34. The maximum Gasteiger partial charge on any atom is 0.123 e. The van der Waals surface area contributed by atoms with Crippen molar-refractivity contribution in [3.05, 3.63) is 12.2 Å². The molecule has 13 heavy (non-hydrogen) atoms. The van der Waals surface area contributed by atoms with Crippen LogP contribution in [0, 0.1) is 5.92 Å². The Morgan fingerprint density at radius 3 is 2.62 bits per heavy atom. The summed E-state index contributed by atoms with van der Waals surface area (Å²) in [4.78, 5) is 12.9. The van der Waals surface area contributed by atoms with Crippen LogP contribution in [0.25, 0.3) is 0 Å². The number of likely N-dealkylation sites (tertiary alicyclic amines) is 1. The predicted octanol–water partition coefficient (Wildman–Crippen LogP) is 1.86. The van der Waals surface area contributed by atoms with E-state index in [1.54, 1.807) is 0 Å². The second-order valence-electron chi connectivity index (χ2n) is 4.02. The number of carbonyl (C=O) groups excluding carboxylic acids is 1. The molecule has 0 radical (unpaired) electrons. The summed E-state index contributed by atoms with van der Waals surface area (Å²) in [5.74, 6) is 0.320. The molecule has 0 spiro atoms. The topological polar surface area (TPSA) is 20.3 Å². The summed E-state index contributed by atoms with van der Waals surface area (Å²) in [6.07, 6.45) is 4.28. The van der Waals surface area contributed by atoms with Crippen molar-refractivity contribution in [2.45, 2.75) is 26.2 Å². The van der Waals surface area contributed by atoms with Crippen LogP contribution in [0.2, 0.25) is 0 Å². The van der Waals surface area contributed by atoms with Crippen LogP contribution < -0.4 is 0 Å². The second-order valence-corrected chi connectivity index (χ2v) is 4.02. The van der Waals surface area contributed by atoms with Crippen molar-refractivity contribution in [3.63, 3.8) is 0 Å². The third-order valence-corrected chi connectivity index (χ3v) is 2.68. The smallest absolute Gasteiger partial charge is 0.123 e. The highest BCUT2D eigenvalue weighted by atomic mass is 16.1. The molecule has 0 aromatic heterocycles. The van der Waals surface area contributed by atoms with Gasteiger partial charge in [0, 0.05) is 12.5 Å². The third kappa shape index (κ3) is 3.73. The van der Waals surface area contributed by atoms with Gasteiger partial charge in [0.05, 0.1) is 0 Å². The maximum atomic E-state index is 10.5. The van der Waals surface area contributed by atoms with E-state index in [-0.39, 0.29) is 0 Å². The zero-order chi connectivity index (χ0) is 9.68. The molecule has 0 saturated carbocycles. The Morgan fingerprint density at radius 2 is 2.15 bits per heavy atom. The standard InChI is InChI=1S/C11H19NO/c1-10(2)3-6-12-7-4-11(9-13)5-8-12/h9,11H,1,3-8H2,2H3. The average molecular weight is 181 g/mol. The molecule has 1 aliphatic rings. The summed E-state index contributed by atoms with van der Waals surface area (Å²) in [7, 11) is 0. The van der Waals surface area contributed by atoms with Crippen LogP contribution in [0.5, 0.6) is 0 Å². The van der Waals surface area contributed by atoms with E-state index in [0.717, 1.165) is 45.2 Å². The van der Waals surface area contributed by atoms with Crippen molar-refractivity contribution in [2.24, 2.45) is 5.92 Å². The summed E-state index contributed by atoms with van der Waals surface area (Å²) < 4.78 is 0. The molecule has 0 atom stereocenters. The van der Waals surface area contributed by atoms with Gasteiger partial charge < -0.3 is 9.69 Å². The van der Waals surface area contributed by atoms with E-state index in [2.05, 4.69) is 18.4 Å². The molecule has 1 heterocycles. The van der Waals surface area contributed by atoms with Crippen LogP contribution in [-0.4, -0.2) is 30.8 Å². The minimum atomic E-state index is 0.320. The van der Waals surface area contributed by atoms with Gasteiger partial charge in [0.15, 0.2) is 0 Å². The highest BCUT2D eigenvalue weighted by Crippen LogP contribution is 2.15. The Hall–Kier alpha value is -0.630. The van der Waals surface area contributed by atoms with Gasteiger partial charge in [-0.05, 0) is 39.3 Å². The Morgan fingerprint density at radius 1 is 1.54 bits per heavy atom. The fourth-order valence-electron chi connectivity index (χ4n) is 1.66. The predicted molar refractivity (Wildman–Crippen MR) is 54.7 cm³/mol. The molecule has 1 saturated heterocycles. The van der Waals surface area contributed by atoms with E-state index in [1.165, 1.54) is 5.57 Å². The van der Waals surface area contributed by atoms with Gasteiger partial charge in [-0.15, -0.1) is 6.58 Å². The van der Waals surface area contributed by atoms with Crippen molar-refractivity contribution in [1.29, 1.82) is 0 Å². The summed E-state index contributed by atoms with van der Waals surface area (Å²) in [6.45, 7) is 9.23. The van der Waals surface area contributed by atoms with Crippen molar-refractivity contribution in [3.8, 4) is 0 Å². The van der Waals surface area contributed by atoms with Crippen molar-refractivity contribution in [1.82, 2.24) is 4.90 Å². The number of hydrogen-bond donors (Lipinski definition) is 0. The van der Waals surface area contributed by atoms with Gasteiger partial charge >= 0.3 is 0 Å². The minimum absolute atomic E-state index is 0.320.